The monoisotopic (exact) mass is 464 g/mol. The molecule has 4 heterocycles. The maximum atomic E-state index is 12.6. The molecular formula is C23H24N6O3S. The Balaban J connectivity index is 1.33. The van der Waals surface area contributed by atoms with Crippen molar-refractivity contribution < 1.29 is 9.21 Å². The van der Waals surface area contributed by atoms with Crippen LogP contribution in [-0.2, 0) is 6.54 Å². The summed E-state index contributed by atoms with van der Waals surface area (Å²) in [6.07, 6.45) is 7.32. The SMILES string of the molecule is CSc1nc(N2CCCCC2)c2cnn(CCNC(=O)c3cc(=O)c4ccccc4o3)c2n1. The number of anilines is 1. The Morgan fingerprint density at radius 3 is 2.79 bits per heavy atom. The second kappa shape index (κ2) is 9.22. The van der Waals surface area contributed by atoms with E-state index in [1.807, 2.05) is 6.26 Å². The van der Waals surface area contributed by atoms with Crippen molar-refractivity contribution in [2.45, 2.75) is 31.0 Å². The van der Waals surface area contributed by atoms with Crippen LogP contribution < -0.4 is 15.6 Å². The number of thioether (sulfide) groups is 1. The Bertz CT molecular complexity index is 1380. The predicted octanol–water partition coefficient (Wildman–Crippen LogP) is 3.07. The number of nitrogens with zero attached hydrogens (tertiary/aromatic N) is 5. The molecule has 1 aromatic carbocycles. The van der Waals surface area contributed by atoms with Gasteiger partial charge in [-0.1, -0.05) is 23.9 Å². The van der Waals surface area contributed by atoms with Crippen molar-refractivity contribution in [2.75, 3.05) is 30.8 Å². The van der Waals surface area contributed by atoms with Gasteiger partial charge in [0.25, 0.3) is 5.91 Å². The molecule has 1 N–H and O–H groups in total. The van der Waals surface area contributed by atoms with Gasteiger partial charge in [0.15, 0.2) is 22.0 Å². The van der Waals surface area contributed by atoms with Crippen molar-refractivity contribution >= 4 is 45.5 Å². The smallest absolute Gasteiger partial charge is 0.287 e. The number of hydrogen-bond acceptors (Lipinski definition) is 8. The Morgan fingerprint density at radius 2 is 1.97 bits per heavy atom. The molecule has 5 rings (SSSR count). The molecular weight excluding hydrogens is 440 g/mol. The third kappa shape index (κ3) is 4.30. The van der Waals surface area contributed by atoms with E-state index in [2.05, 4.69) is 20.3 Å². The van der Waals surface area contributed by atoms with Gasteiger partial charge in [0.1, 0.15) is 11.4 Å². The lowest BCUT2D eigenvalue weighted by atomic mass is 10.1. The van der Waals surface area contributed by atoms with Crippen molar-refractivity contribution in [1.29, 1.82) is 0 Å². The number of benzene rings is 1. The Morgan fingerprint density at radius 1 is 1.15 bits per heavy atom. The quantitative estimate of drug-likeness (QED) is 0.343. The maximum Gasteiger partial charge on any atom is 0.287 e. The van der Waals surface area contributed by atoms with Crippen molar-refractivity contribution in [3.05, 3.63) is 52.5 Å². The number of nitrogens with one attached hydrogen (secondary N) is 1. The summed E-state index contributed by atoms with van der Waals surface area (Å²) in [6, 6.07) is 8.10. The molecule has 1 saturated heterocycles. The van der Waals surface area contributed by atoms with E-state index in [1.165, 1.54) is 24.2 Å². The Kier molecular flexibility index (Phi) is 5.99. The zero-order valence-electron chi connectivity index (χ0n) is 18.3. The summed E-state index contributed by atoms with van der Waals surface area (Å²) in [7, 11) is 0. The third-order valence-corrected chi connectivity index (χ3v) is 6.31. The first-order chi connectivity index (χ1) is 16.1. The second-order valence-electron chi connectivity index (χ2n) is 7.91. The van der Waals surface area contributed by atoms with E-state index in [0.29, 0.717) is 29.2 Å². The molecule has 1 fully saturated rings. The standard InChI is InChI=1S/C23H24N6O3S/c1-33-23-26-20(28-10-5-2-6-11-28)16-14-25-29(21(16)27-23)12-9-24-22(31)19-13-17(30)15-7-3-4-8-18(15)32-19/h3-4,7-8,13-14H,2,5-6,9-12H2,1H3,(H,24,31). The van der Waals surface area contributed by atoms with Crippen LogP contribution in [0.5, 0.6) is 0 Å². The zero-order chi connectivity index (χ0) is 22.8. The molecule has 3 aromatic heterocycles. The molecule has 9 nitrogen and oxygen atoms in total. The average molecular weight is 465 g/mol. The van der Waals surface area contributed by atoms with E-state index in [-0.39, 0.29) is 11.2 Å². The first-order valence-corrected chi connectivity index (χ1v) is 12.2. The highest BCUT2D eigenvalue weighted by atomic mass is 32.2. The summed E-state index contributed by atoms with van der Waals surface area (Å²) in [5.41, 5.74) is 0.896. The Labute approximate surface area is 194 Å². The van der Waals surface area contributed by atoms with Crippen LogP contribution >= 0.6 is 11.8 Å². The summed E-state index contributed by atoms with van der Waals surface area (Å²) < 4.78 is 7.39. The van der Waals surface area contributed by atoms with Gasteiger partial charge in [-0.05, 0) is 37.7 Å². The lowest BCUT2D eigenvalue weighted by Gasteiger charge is -2.28. The van der Waals surface area contributed by atoms with Crippen LogP contribution in [0.15, 0.2) is 50.9 Å². The number of aromatic nitrogens is 4. The number of amides is 1. The molecule has 0 saturated carbocycles. The molecule has 33 heavy (non-hydrogen) atoms. The topological polar surface area (TPSA) is 106 Å². The van der Waals surface area contributed by atoms with E-state index < -0.39 is 5.91 Å². The number of hydrogen-bond donors (Lipinski definition) is 1. The molecule has 0 aliphatic carbocycles. The zero-order valence-corrected chi connectivity index (χ0v) is 19.1. The molecule has 0 bridgehead atoms. The second-order valence-corrected chi connectivity index (χ2v) is 8.69. The van der Waals surface area contributed by atoms with E-state index in [4.69, 9.17) is 9.40 Å². The molecule has 10 heteroatoms. The lowest BCUT2D eigenvalue weighted by molar-refractivity contribution is 0.0925. The van der Waals surface area contributed by atoms with Crippen molar-refractivity contribution in [2.24, 2.45) is 0 Å². The summed E-state index contributed by atoms with van der Waals surface area (Å²) in [5, 5.41) is 9.38. The maximum absolute atomic E-state index is 12.6. The van der Waals surface area contributed by atoms with Crippen LogP contribution in [-0.4, -0.2) is 51.5 Å². The fraction of sp³-hybridized carbons (Fsp3) is 0.348. The predicted molar refractivity (Wildman–Crippen MR) is 128 cm³/mol. The average Bonchev–Trinajstić information content (AvgIpc) is 3.26. The van der Waals surface area contributed by atoms with Gasteiger partial charge in [0.05, 0.1) is 23.5 Å². The minimum absolute atomic E-state index is 0.0107. The molecule has 1 aliphatic heterocycles. The van der Waals surface area contributed by atoms with Crippen molar-refractivity contribution in [3.8, 4) is 0 Å². The van der Waals surface area contributed by atoms with Gasteiger partial charge in [-0.15, -0.1) is 0 Å². The highest BCUT2D eigenvalue weighted by Gasteiger charge is 2.20. The number of fused-ring (bicyclic) bond motifs is 2. The number of para-hydroxylation sites is 1. The molecule has 4 aromatic rings. The van der Waals surface area contributed by atoms with Crippen LogP contribution in [0.25, 0.3) is 22.0 Å². The number of carbonyl (C=O) groups is 1. The molecule has 170 valence electrons. The molecule has 0 atom stereocenters. The summed E-state index contributed by atoms with van der Waals surface area (Å²) >= 11 is 1.50. The molecule has 0 radical (unpaired) electrons. The third-order valence-electron chi connectivity index (χ3n) is 5.76. The van der Waals surface area contributed by atoms with Crippen LogP contribution in [0.3, 0.4) is 0 Å². The van der Waals surface area contributed by atoms with E-state index in [1.54, 1.807) is 35.1 Å². The minimum atomic E-state index is -0.442. The Hall–Kier alpha value is -3.40. The number of carbonyl (C=O) groups excluding carboxylic acids is 1. The van der Waals surface area contributed by atoms with Crippen molar-refractivity contribution in [1.82, 2.24) is 25.1 Å². The van der Waals surface area contributed by atoms with Crippen LogP contribution in [0.4, 0.5) is 5.82 Å². The number of piperidine rings is 1. The van der Waals surface area contributed by atoms with Gasteiger partial charge in [0, 0.05) is 25.7 Å². The van der Waals surface area contributed by atoms with E-state index in [0.717, 1.165) is 42.8 Å². The first-order valence-electron chi connectivity index (χ1n) is 11.0. The minimum Gasteiger partial charge on any atom is -0.451 e. The normalized spacial score (nSPS) is 14.2. The van der Waals surface area contributed by atoms with Crippen LogP contribution in [0.1, 0.15) is 29.8 Å². The molecule has 0 unspecified atom stereocenters. The van der Waals surface area contributed by atoms with Crippen LogP contribution in [0.2, 0.25) is 0 Å². The largest absolute Gasteiger partial charge is 0.451 e. The fourth-order valence-electron chi connectivity index (χ4n) is 4.10. The van der Waals surface area contributed by atoms with Gasteiger partial charge in [-0.2, -0.15) is 5.10 Å². The van der Waals surface area contributed by atoms with Crippen LogP contribution in [0, 0.1) is 0 Å². The summed E-state index contributed by atoms with van der Waals surface area (Å²) in [6.45, 7) is 2.71. The lowest BCUT2D eigenvalue weighted by Crippen LogP contribution is -2.30. The fourth-order valence-corrected chi connectivity index (χ4v) is 4.46. The van der Waals surface area contributed by atoms with Gasteiger partial charge in [-0.25, -0.2) is 14.6 Å². The van der Waals surface area contributed by atoms with Crippen molar-refractivity contribution in [3.63, 3.8) is 0 Å². The summed E-state index contributed by atoms with van der Waals surface area (Å²) in [4.78, 5) is 36.6. The van der Waals surface area contributed by atoms with Gasteiger partial charge in [0.2, 0.25) is 0 Å². The highest BCUT2D eigenvalue weighted by molar-refractivity contribution is 7.98. The van der Waals surface area contributed by atoms with Gasteiger partial charge in [-0.3, -0.25) is 9.59 Å². The van der Waals surface area contributed by atoms with Gasteiger partial charge < -0.3 is 14.6 Å². The first kappa shape index (κ1) is 21.4. The number of rotatable bonds is 6. The van der Waals surface area contributed by atoms with Gasteiger partial charge >= 0.3 is 0 Å². The molecule has 0 spiro atoms. The molecule has 1 aliphatic rings. The van der Waals surface area contributed by atoms with E-state index >= 15 is 0 Å². The summed E-state index contributed by atoms with van der Waals surface area (Å²) in [5.74, 6) is 0.475. The molecule has 1 amide bonds. The van der Waals surface area contributed by atoms with E-state index in [9.17, 15) is 9.59 Å². The highest BCUT2D eigenvalue weighted by Crippen LogP contribution is 2.28.